The highest BCUT2D eigenvalue weighted by Crippen LogP contribution is 2.23. The third-order valence-corrected chi connectivity index (χ3v) is 3.31. The molecule has 0 saturated carbocycles. The van der Waals surface area contributed by atoms with Gasteiger partial charge in [-0.1, -0.05) is 48.5 Å². The van der Waals surface area contributed by atoms with Crippen LogP contribution in [-0.4, -0.2) is 15.7 Å². The molecule has 1 atom stereocenters. The van der Waals surface area contributed by atoms with Crippen molar-refractivity contribution in [3.05, 3.63) is 78.6 Å². The number of benzene rings is 2. The highest BCUT2D eigenvalue weighted by molar-refractivity contribution is 5.94. The average Bonchev–Trinajstić information content (AvgIpc) is 2.99. The molecule has 5 heteroatoms. The molecule has 0 radical (unpaired) electrons. The number of anilines is 1. The summed E-state index contributed by atoms with van der Waals surface area (Å²) in [5.41, 5.74) is 1.42. The molecular formula is C18H17N3O2. The Morgan fingerprint density at radius 2 is 1.74 bits per heavy atom. The summed E-state index contributed by atoms with van der Waals surface area (Å²) in [4.78, 5) is 12.7. The Hall–Kier alpha value is -3.08. The zero-order valence-electron chi connectivity index (χ0n) is 12.7. The summed E-state index contributed by atoms with van der Waals surface area (Å²) >= 11 is 0. The van der Waals surface area contributed by atoms with Gasteiger partial charge in [-0.2, -0.15) is 5.10 Å². The highest BCUT2D eigenvalue weighted by atomic mass is 16.5. The Morgan fingerprint density at radius 1 is 1.09 bits per heavy atom. The maximum atomic E-state index is 12.7. The van der Waals surface area contributed by atoms with Crippen molar-refractivity contribution < 1.29 is 9.53 Å². The van der Waals surface area contributed by atoms with Gasteiger partial charge in [0, 0.05) is 18.8 Å². The van der Waals surface area contributed by atoms with Crippen molar-refractivity contribution in [2.75, 3.05) is 5.32 Å². The second-order valence-electron chi connectivity index (χ2n) is 5.11. The number of para-hydroxylation sites is 1. The number of carbonyl (C=O) groups excluding carboxylic acids is 1. The zero-order chi connectivity index (χ0) is 16.1. The molecular weight excluding hydrogens is 290 g/mol. The molecule has 0 aliphatic heterocycles. The molecule has 1 N–H and O–H groups in total. The smallest absolute Gasteiger partial charge is 0.270 e. The molecule has 0 bridgehead atoms. The second-order valence-corrected chi connectivity index (χ2v) is 5.11. The monoisotopic (exact) mass is 307 g/mol. The maximum absolute atomic E-state index is 12.7. The number of nitrogens with zero attached hydrogens (tertiary/aromatic N) is 2. The number of rotatable bonds is 5. The highest BCUT2D eigenvalue weighted by Gasteiger charge is 2.23. The van der Waals surface area contributed by atoms with Crippen LogP contribution in [0.2, 0.25) is 0 Å². The molecule has 0 aliphatic carbocycles. The van der Waals surface area contributed by atoms with Crippen molar-refractivity contribution in [3.8, 4) is 5.75 Å². The van der Waals surface area contributed by atoms with Crippen LogP contribution in [0.25, 0.3) is 0 Å². The van der Waals surface area contributed by atoms with Gasteiger partial charge in [0.05, 0.1) is 11.9 Å². The van der Waals surface area contributed by atoms with E-state index in [0.29, 0.717) is 11.4 Å². The summed E-state index contributed by atoms with van der Waals surface area (Å²) in [6.07, 6.45) is 2.60. The summed E-state index contributed by atoms with van der Waals surface area (Å²) < 4.78 is 7.53. The molecule has 23 heavy (non-hydrogen) atoms. The first kappa shape index (κ1) is 14.8. The topological polar surface area (TPSA) is 56.2 Å². The van der Waals surface area contributed by atoms with Crippen LogP contribution < -0.4 is 10.1 Å². The van der Waals surface area contributed by atoms with Crippen molar-refractivity contribution in [3.63, 3.8) is 0 Å². The molecule has 0 saturated heterocycles. The summed E-state index contributed by atoms with van der Waals surface area (Å²) in [5.74, 6) is 0.399. The van der Waals surface area contributed by atoms with E-state index in [-0.39, 0.29) is 5.91 Å². The fourth-order valence-corrected chi connectivity index (χ4v) is 2.23. The van der Waals surface area contributed by atoms with E-state index in [1.165, 1.54) is 0 Å². The number of aromatic nitrogens is 2. The van der Waals surface area contributed by atoms with Gasteiger partial charge in [0.25, 0.3) is 5.91 Å². The Bertz CT molecular complexity index is 769. The minimum absolute atomic E-state index is 0.243. The normalized spacial score (nSPS) is 11.7. The average molecular weight is 307 g/mol. The molecule has 1 unspecified atom stereocenters. The second kappa shape index (κ2) is 6.79. The molecule has 0 fully saturated rings. The quantitative estimate of drug-likeness (QED) is 0.787. The number of ether oxygens (including phenoxy) is 1. The molecule has 2 aromatic carbocycles. The lowest BCUT2D eigenvalue weighted by molar-refractivity contribution is -0.123. The van der Waals surface area contributed by atoms with E-state index in [4.69, 9.17) is 4.74 Å². The molecule has 0 spiro atoms. The number of hydrogen-bond acceptors (Lipinski definition) is 3. The molecule has 1 aromatic heterocycles. The molecule has 116 valence electrons. The first-order valence-electron chi connectivity index (χ1n) is 7.28. The Labute approximate surface area is 134 Å². The first-order valence-corrected chi connectivity index (χ1v) is 7.28. The van der Waals surface area contributed by atoms with Crippen LogP contribution in [0.4, 0.5) is 5.69 Å². The molecule has 5 nitrogen and oxygen atoms in total. The summed E-state index contributed by atoms with van der Waals surface area (Å²) in [6.45, 7) is 0. The van der Waals surface area contributed by atoms with Crippen LogP contribution in [0.3, 0.4) is 0 Å². The number of aryl methyl sites for hydroxylation is 1. The predicted molar refractivity (Wildman–Crippen MR) is 88.1 cm³/mol. The van der Waals surface area contributed by atoms with Crippen LogP contribution in [-0.2, 0) is 11.8 Å². The van der Waals surface area contributed by atoms with E-state index in [1.807, 2.05) is 60.7 Å². The van der Waals surface area contributed by atoms with E-state index in [2.05, 4.69) is 10.4 Å². The van der Waals surface area contributed by atoms with Crippen molar-refractivity contribution >= 4 is 11.6 Å². The minimum Gasteiger partial charge on any atom is -0.476 e. The van der Waals surface area contributed by atoms with Gasteiger partial charge in [-0.3, -0.25) is 9.48 Å². The summed E-state index contributed by atoms with van der Waals surface area (Å²) in [6, 6.07) is 18.7. The van der Waals surface area contributed by atoms with Crippen LogP contribution in [0.5, 0.6) is 5.75 Å². The number of carbonyl (C=O) groups is 1. The largest absolute Gasteiger partial charge is 0.476 e. The van der Waals surface area contributed by atoms with Gasteiger partial charge in [0.2, 0.25) is 6.10 Å². The predicted octanol–water partition coefficient (Wildman–Crippen LogP) is 3.18. The van der Waals surface area contributed by atoms with Crippen LogP contribution in [0, 0.1) is 0 Å². The standard InChI is InChI=1S/C18H17N3O2/c1-21-13-15(12-19-21)20-18(22)17(14-8-4-2-5-9-14)23-16-10-6-3-7-11-16/h2-13,17H,1H3,(H,20,22). The van der Waals surface area contributed by atoms with Gasteiger partial charge in [-0.05, 0) is 12.1 Å². The van der Waals surface area contributed by atoms with Crippen molar-refractivity contribution in [2.24, 2.45) is 7.05 Å². The Balaban J connectivity index is 1.84. The van der Waals surface area contributed by atoms with E-state index in [0.717, 1.165) is 5.56 Å². The van der Waals surface area contributed by atoms with Gasteiger partial charge < -0.3 is 10.1 Å². The lowest BCUT2D eigenvalue weighted by atomic mass is 10.1. The van der Waals surface area contributed by atoms with E-state index in [9.17, 15) is 4.79 Å². The third kappa shape index (κ3) is 3.77. The van der Waals surface area contributed by atoms with E-state index in [1.54, 1.807) is 24.1 Å². The zero-order valence-corrected chi connectivity index (χ0v) is 12.7. The summed E-state index contributed by atoms with van der Waals surface area (Å²) in [7, 11) is 1.80. The van der Waals surface area contributed by atoms with Gasteiger partial charge in [-0.25, -0.2) is 0 Å². The van der Waals surface area contributed by atoms with Crippen molar-refractivity contribution in [1.29, 1.82) is 0 Å². The van der Waals surface area contributed by atoms with Gasteiger partial charge in [0.1, 0.15) is 5.75 Å². The van der Waals surface area contributed by atoms with Crippen molar-refractivity contribution in [1.82, 2.24) is 9.78 Å². The molecule has 3 rings (SSSR count). The van der Waals surface area contributed by atoms with E-state index >= 15 is 0 Å². The minimum atomic E-state index is -0.737. The molecule has 3 aromatic rings. The van der Waals surface area contributed by atoms with Gasteiger partial charge in [0.15, 0.2) is 0 Å². The molecule has 1 amide bonds. The Morgan fingerprint density at radius 3 is 2.35 bits per heavy atom. The molecule has 1 heterocycles. The van der Waals surface area contributed by atoms with Gasteiger partial charge >= 0.3 is 0 Å². The van der Waals surface area contributed by atoms with Crippen LogP contribution in [0.1, 0.15) is 11.7 Å². The lowest BCUT2D eigenvalue weighted by Gasteiger charge is -2.18. The third-order valence-electron chi connectivity index (χ3n) is 3.31. The number of nitrogens with one attached hydrogen (secondary N) is 1. The number of amides is 1. The fraction of sp³-hybridized carbons (Fsp3) is 0.111. The first-order chi connectivity index (χ1) is 11.2. The maximum Gasteiger partial charge on any atom is 0.270 e. The Kier molecular flexibility index (Phi) is 4.38. The molecule has 0 aliphatic rings. The van der Waals surface area contributed by atoms with Crippen LogP contribution >= 0.6 is 0 Å². The summed E-state index contributed by atoms with van der Waals surface area (Å²) in [5, 5.41) is 6.88. The fourth-order valence-electron chi connectivity index (χ4n) is 2.23. The SMILES string of the molecule is Cn1cc(NC(=O)C(Oc2ccccc2)c2ccccc2)cn1. The van der Waals surface area contributed by atoms with Crippen molar-refractivity contribution in [2.45, 2.75) is 6.10 Å². The van der Waals surface area contributed by atoms with E-state index < -0.39 is 6.10 Å². The van der Waals surface area contributed by atoms with Gasteiger partial charge in [-0.15, -0.1) is 0 Å². The lowest BCUT2D eigenvalue weighted by Crippen LogP contribution is -2.25. The number of hydrogen-bond donors (Lipinski definition) is 1. The van der Waals surface area contributed by atoms with Crippen LogP contribution in [0.15, 0.2) is 73.1 Å².